The first kappa shape index (κ1) is 15.8. The van der Waals surface area contributed by atoms with Gasteiger partial charge in [0.25, 0.3) is 5.91 Å². The van der Waals surface area contributed by atoms with Crippen LogP contribution in [0.1, 0.15) is 23.7 Å². The Bertz CT molecular complexity index is 474. The summed E-state index contributed by atoms with van der Waals surface area (Å²) >= 11 is 0. The van der Waals surface area contributed by atoms with E-state index >= 15 is 0 Å². The van der Waals surface area contributed by atoms with Gasteiger partial charge in [-0.2, -0.15) is 5.10 Å². The lowest BCUT2D eigenvalue weighted by atomic mass is 10.3. The van der Waals surface area contributed by atoms with Gasteiger partial charge in [0, 0.05) is 31.8 Å². The fourth-order valence-corrected chi connectivity index (χ4v) is 1.33. The fourth-order valence-electron chi connectivity index (χ4n) is 1.33. The molecular formula is C13H18N4O3. The second kappa shape index (κ2) is 8.76. The number of hydrogen-bond donors (Lipinski definition) is 2. The quantitative estimate of drug-likeness (QED) is 0.427. The highest BCUT2D eigenvalue weighted by Crippen LogP contribution is 1.95. The van der Waals surface area contributed by atoms with Gasteiger partial charge in [0.1, 0.15) is 0 Å². The summed E-state index contributed by atoms with van der Waals surface area (Å²) < 4.78 is 4.82. The number of pyridine rings is 1. The molecule has 0 radical (unpaired) electrons. The van der Waals surface area contributed by atoms with E-state index in [1.54, 1.807) is 32.4 Å². The van der Waals surface area contributed by atoms with Gasteiger partial charge in [-0.3, -0.25) is 14.6 Å². The highest BCUT2D eigenvalue weighted by Gasteiger charge is 2.06. The zero-order valence-electron chi connectivity index (χ0n) is 11.5. The molecule has 7 nitrogen and oxygen atoms in total. The highest BCUT2D eigenvalue weighted by atomic mass is 16.5. The minimum atomic E-state index is -0.364. The molecule has 1 heterocycles. The van der Waals surface area contributed by atoms with E-state index in [9.17, 15) is 9.59 Å². The number of rotatable bonds is 7. The predicted molar refractivity (Wildman–Crippen MR) is 74.3 cm³/mol. The molecule has 20 heavy (non-hydrogen) atoms. The maximum absolute atomic E-state index is 11.7. The van der Waals surface area contributed by atoms with Crippen molar-refractivity contribution in [2.45, 2.75) is 13.3 Å². The average molecular weight is 278 g/mol. The van der Waals surface area contributed by atoms with Crippen molar-refractivity contribution in [2.75, 3.05) is 20.3 Å². The maximum atomic E-state index is 11.7. The van der Waals surface area contributed by atoms with Crippen molar-refractivity contribution in [2.24, 2.45) is 5.10 Å². The number of amides is 2. The van der Waals surface area contributed by atoms with E-state index in [2.05, 4.69) is 20.8 Å². The van der Waals surface area contributed by atoms with E-state index in [1.165, 1.54) is 6.20 Å². The van der Waals surface area contributed by atoms with Crippen LogP contribution in [0.25, 0.3) is 0 Å². The average Bonchev–Trinajstić information content (AvgIpc) is 2.46. The molecule has 1 aromatic heterocycles. The Morgan fingerprint density at radius 3 is 2.90 bits per heavy atom. The minimum Gasteiger partial charge on any atom is -0.383 e. The number of hydrogen-bond acceptors (Lipinski definition) is 5. The molecule has 2 N–H and O–H groups in total. The number of nitrogens with one attached hydrogen (secondary N) is 2. The van der Waals surface area contributed by atoms with Crippen LogP contribution < -0.4 is 10.7 Å². The van der Waals surface area contributed by atoms with Crippen molar-refractivity contribution in [1.82, 2.24) is 15.7 Å². The van der Waals surface area contributed by atoms with Crippen molar-refractivity contribution in [3.05, 3.63) is 30.1 Å². The number of carbonyl (C=O) groups excluding carboxylic acids is 2. The number of hydrazone groups is 1. The van der Waals surface area contributed by atoms with Crippen LogP contribution in [0.5, 0.6) is 0 Å². The first-order valence-corrected chi connectivity index (χ1v) is 6.12. The number of ether oxygens (including phenoxy) is 1. The van der Waals surface area contributed by atoms with Gasteiger partial charge in [-0.25, -0.2) is 5.43 Å². The third kappa shape index (κ3) is 6.05. The Labute approximate surface area is 117 Å². The van der Waals surface area contributed by atoms with Gasteiger partial charge in [-0.1, -0.05) is 0 Å². The lowest BCUT2D eigenvalue weighted by Gasteiger charge is -2.04. The third-order valence-corrected chi connectivity index (χ3v) is 2.32. The largest absolute Gasteiger partial charge is 0.383 e. The normalized spacial score (nSPS) is 11.0. The second-order valence-corrected chi connectivity index (χ2v) is 4.05. The van der Waals surface area contributed by atoms with Crippen LogP contribution in [0.2, 0.25) is 0 Å². The Morgan fingerprint density at radius 2 is 2.25 bits per heavy atom. The van der Waals surface area contributed by atoms with Crippen molar-refractivity contribution in [3.63, 3.8) is 0 Å². The molecule has 0 spiro atoms. The molecule has 7 heteroatoms. The van der Waals surface area contributed by atoms with Crippen molar-refractivity contribution < 1.29 is 14.3 Å². The third-order valence-electron chi connectivity index (χ3n) is 2.32. The van der Waals surface area contributed by atoms with Gasteiger partial charge in [0.05, 0.1) is 18.6 Å². The lowest BCUT2D eigenvalue weighted by molar-refractivity contribution is -0.120. The molecule has 0 atom stereocenters. The standard InChI is InChI=1S/C13H18N4O3/c1-10(8-12(18)15-6-7-20-2)16-17-13(19)11-4-3-5-14-9-11/h3-5,9H,6-8H2,1-2H3,(H,15,18)(H,17,19)/b16-10+. The first-order chi connectivity index (χ1) is 9.63. The van der Waals surface area contributed by atoms with E-state index in [1.807, 2.05) is 0 Å². The van der Waals surface area contributed by atoms with Crippen LogP contribution in [0.3, 0.4) is 0 Å². The van der Waals surface area contributed by atoms with E-state index in [0.717, 1.165) is 0 Å². The molecule has 0 fully saturated rings. The van der Waals surface area contributed by atoms with Crippen molar-refractivity contribution in [1.29, 1.82) is 0 Å². The van der Waals surface area contributed by atoms with Crippen molar-refractivity contribution >= 4 is 17.5 Å². The molecular weight excluding hydrogens is 260 g/mol. The van der Waals surface area contributed by atoms with Gasteiger partial charge >= 0.3 is 0 Å². The molecule has 0 saturated carbocycles. The van der Waals surface area contributed by atoms with Gasteiger partial charge in [-0.05, 0) is 19.1 Å². The Hall–Kier alpha value is -2.28. The van der Waals surface area contributed by atoms with Gasteiger partial charge in [0.15, 0.2) is 0 Å². The smallest absolute Gasteiger partial charge is 0.272 e. The predicted octanol–water partition coefficient (Wildman–Crippen LogP) is 0.340. The van der Waals surface area contributed by atoms with Crippen LogP contribution in [0.15, 0.2) is 29.6 Å². The van der Waals surface area contributed by atoms with E-state index in [4.69, 9.17) is 4.74 Å². The molecule has 0 aliphatic carbocycles. The molecule has 0 bridgehead atoms. The second-order valence-electron chi connectivity index (χ2n) is 4.05. The van der Waals surface area contributed by atoms with E-state index < -0.39 is 0 Å². The molecule has 0 saturated heterocycles. The summed E-state index contributed by atoms with van der Waals surface area (Å²) in [4.78, 5) is 27.0. The molecule has 2 amide bonds. The van der Waals surface area contributed by atoms with Gasteiger partial charge < -0.3 is 10.1 Å². The summed E-state index contributed by atoms with van der Waals surface area (Å²) in [5.74, 6) is -0.531. The molecule has 1 aromatic rings. The van der Waals surface area contributed by atoms with Gasteiger partial charge in [0.2, 0.25) is 5.91 Å². The molecule has 108 valence electrons. The highest BCUT2D eigenvalue weighted by molar-refractivity contribution is 6.01. The van der Waals surface area contributed by atoms with E-state index in [0.29, 0.717) is 24.4 Å². The summed E-state index contributed by atoms with van der Waals surface area (Å²) in [7, 11) is 1.56. The Balaban J connectivity index is 2.38. The summed E-state index contributed by atoms with van der Waals surface area (Å²) in [6, 6.07) is 3.29. The Kier molecular flexibility index (Phi) is 6.91. The molecule has 0 unspecified atom stereocenters. The Morgan fingerprint density at radius 1 is 1.45 bits per heavy atom. The molecule has 0 aliphatic heterocycles. The lowest BCUT2D eigenvalue weighted by Crippen LogP contribution is -2.29. The zero-order chi connectivity index (χ0) is 14.8. The van der Waals surface area contributed by atoms with Crippen LogP contribution in [0.4, 0.5) is 0 Å². The number of nitrogens with zero attached hydrogens (tertiary/aromatic N) is 2. The number of carbonyl (C=O) groups is 2. The van der Waals surface area contributed by atoms with Crippen LogP contribution in [-0.2, 0) is 9.53 Å². The van der Waals surface area contributed by atoms with Crippen LogP contribution >= 0.6 is 0 Å². The van der Waals surface area contributed by atoms with Crippen LogP contribution in [-0.4, -0.2) is 42.8 Å². The summed E-state index contributed by atoms with van der Waals surface area (Å²) in [6.07, 6.45) is 3.14. The minimum absolute atomic E-state index is 0.122. The zero-order valence-corrected chi connectivity index (χ0v) is 11.5. The van der Waals surface area contributed by atoms with Crippen LogP contribution in [0, 0.1) is 0 Å². The topological polar surface area (TPSA) is 92.7 Å². The molecule has 0 aliphatic rings. The number of methoxy groups -OCH3 is 1. The number of aromatic nitrogens is 1. The van der Waals surface area contributed by atoms with E-state index in [-0.39, 0.29) is 18.2 Å². The monoisotopic (exact) mass is 278 g/mol. The van der Waals surface area contributed by atoms with Gasteiger partial charge in [-0.15, -0.1) is 0 Å². The molecule has 1 rings (SSSR count). The SMILES string of the molecule is COCCNC(=O)C/C(C)=N/NC(=O)c1cccnc1. The van der Waals surface area contributed by atoms with Crippen molar-refractivity contribution in [3.8, 4) is 0 Å². The fraction of sp³-hybridized carbons (Fsp3) is 0.385. The first-order valence-electron chi connectivity index (χ1n) is 6.12. The summed E-state index contributed by atoms with van der Waals surface area (Å²) in [5, 5.41) is 6.53. The molecule has 0 aromatic carbocycles. The summed E-state index contributed by atoms with van der Waals surface area (Å²) in [5.41, 5.74) is 3.30. The maximum Gasteiger partial charge on any atom is 0.272 e. The summed E-state index contributed by atoms with van der Waals surface area (Å²) in [6.45, 7) is 2.57.